The van der Waals surface area contributed by atoms with E-state index >= 15 is 0 Å². The molecule has 7 nitrogen and oxygen atoms in total. The zero-order valence-corrected chi connectivity index (χ0v) is 15.3. The second-order valence-electron chi connectivity index (χ2n) is 6.38. The molecule has 142 valence electrons. The van der Waals surface area contributed by atoms with Crippen molar-refractivity contribution in [2.75, 3.05) is 6.61 Å². The number of carboxylic acid groups (broad SMARTS) is 1. The molecule has 1 aliphatic rings. The first-order chi connectivity index (χ1) is 12.8. The molecule has 1 atom stereocenters. The fraction of sp³-hybridized carbons (Fsp3) is 0.278. The zero-order valence-electron chi connectivity index (χ0n) is 14.6. The number of nitrogens with zero attached hydrogens (tertiary/aromatic N) is 2. The normalized spacial score (nSPS) is 18.6. The maximum Gasteiger partial charge on any atom is 0.338 e. The van der Waals surface area contributed by atoms with Gasteiger partial charge in [0.25, 0.3) is 0 Å². The number of hydroxylamine groups is 1. The molecule has 2 heterocycles. The lowest BCUT2D eigenvalue weighted by Crippen LogP contribution is -2.37. The van der Waals surface area contributed by atoms with Gasteiger partial charge in [-0.2, -0.15) is 0 Å². The molecule has 1 aliphatic heterocycles. The molecule has 0 amide bonds. The SMILES string of the molecule is CC(C)COc1ncc(C2(c3ccc(C(=O)O)c(F)c3)N=CON2)cc1Cl. The number of aliphatic imine (C=N–C) groups is 1. The number of hydrogen-bond donors (Lipinski definition) is 2. The summed E-state index contributed by atoms with van der Waals surface area (Å²) in [6.07, 6.45) is 2.66. The average molecular weight is 394 g/mol. The molecule has 2 N–H and O–H groups in total. The van der Waals surface area contributed by atoms with Gasteiger partial charge in [-0.25, -0.2) is 19.2 Å². The van der Waals surface area contributed by atoms with E-state index in [1.165, 1.54) is 24.7 Å². The van der Waals surface area contributed by atoms with Crippen LogP contribution in [0.1, 0.15) is 35.3 Å². The monoisotopic (exact) mass is 393 g/mol. The lowest BCUT2D eigenvalue weighted by Gasteiger charge is -2.26. The van der Waals surface area contributed by atoms with E-state index in [9.17, 15) is 9.18 Å². The van der Waals surface area contributed by atoms with E-state index < -0.39 is 23.0 Å². The number of pyridine rings is 1. The minimum absolute atomic E-state index is 0.263. The second-order valence-corrected chi connectivity index (χ2v) is 6.79. The lowest BCUT2D eigenvalue weighted by molar-refractivity contribution is 0.0691. The van der Waals surface area contributed by atoms with Crippen molar-refractivity contribution in [3.8, 4) is 5.88 Å². The van der Waals surface area contributed by atoms with Crippen LogP contribution in [-0.4, -0.2) is 29.1 Å². The summed E-state index contributed by atoms with van der Waals surface area (Å²) in [7, 11) is 0. The largest absolute Gasteiger partial charge is 0.478 e. The van der Waals surface area contributed by atoms with Crippen molar-refractivity contribution in [3.63, 3.8) is 0 Å². The van der Waals surface area contributed by atoms with Crippen LogP contribution in [0.5, 0.6) is 5.88 Å². The first-order valence-electron chi connectivity index (χ1n) is 8.12. The van der Waals surface area contributed by atoms with E-state index in [0.717, 1.165) is 6.07 Å². The van der Waals surface area contributed by atoms with Crippen molar-refractivity contribution >= 4 is 24.0 Å². The summed E-state index contributed by atoms with van der Waals surface area (Å²) in [6, 6.07) is 5.29. The first kappa shape index (κ1) is 19.1. The van der Waals surface area contributed by atoms with Gasteiger partial charge in [0, 0.05) is 17.3 Å². The van der Waals surface area contributed by atoms with Crippen molar-refractivity contribution < 1.29 is 23.9 Å². The van der Waals surface area contributed by atoms with Gasteiger partial charge >= 0.3 is 5.97 Å². The summed E-state index contributed by atoms with van der Waals surface area (Å²) >= 11 is 6.28. The Kier molecular flexibility index (Phi) is 5.29. The van der Waals surface area contributed by atoms with E-state index in [2.05, 4.69) is 15.5 Å². The van der Waals surface area contributed by atoms with Gasteiger partial charge in [-0.3, -0.25) is 0 Å². The summed E-state index contributed by atoms with van der Waals surface area (Å²) in [6.45, 7) is 4.46. The summed E-state index contributed by atoms with van der Waals surface area (Å²) in [5.74, 6) is -1.67. The van der Waals surface area contributed by atoms with Crippen LogP contribution in [-0.2, 0) is 10.5 Å². The van der Waals surface area contributed by atoms with Crippen LogP contribution >= 0.6 is 11.6 Å². The standard InChI is InChI=1S/C18H17ClFN3O4/c1-10(2)8-26-16-14(19)5-12(7-21-16)18(22-9-27-23-18)11-3-4-13(17(24)25)15(20)6-11/h3-7,9-10,23H,8H2,1-2H3,(H,24,25). The summed E-state index contributed by atoms with van der Waals surface area (Å²) in [4.78, 5) is 24.6. The molecule has 27 heavy (non-hydrogen) atoms. The maximum absolute atomic E-state index is 14.2. The lowest BCUT2D eigenvalue weighted by atomic mass is 9.92. The van der Waals surface area contributed by atoms with Crippen LogP contribution < -0.4 is 10.2 Å². The van der Waals surface area contributed by atoms with Gasteiger partial charge in [-0.1, -0.05) is 31.5 Å². The Morgan fingerprint density at radius 2 is 2.19 bits per heavy atom. The van der Waals surface area contributed by atoms with Gasteiger partial charge < -0.3 is 14.7 Å². The molecule has 9 heteroatoms. The molecular formula is C18H17ClFN3O4. The fourth-order valence-electron chi connectivity index (χ4n) is 2.57. The van der Waals surface area contributed by atoms with Crippen molar-refractivity contribution in [1.82, 2.24) is 10.5 Å². The summed E-state index contributed by atoms with van der Waals surface area (Å²) in [5.41, 5.74) is 1.75. The third kappa shape index (κ3) is 3.72. The highest BCUT2D eigenvalue weighted by molar-refractivity contribution is 6.31. The molecule has 3 rings (SSSR count). The highest BCUT2D eigenvalue weighted by Gasteiger charge is 2.39. The van der Waals surface area contributed by atoms with E-state index in [4.69, 9.17) is 26.3 Å². The smallest absolute Gasteiger partial charge is 0.338 e. The summed E-state index contributed by atoms with van der Waals surface area (Å²) in [5, 5.41) is 9.27. The third-order valence-corrected chi connectivity index (χ3v) is 4.17. The third-order valence-electron chi connectivity index (χ3n) is 3.90. The van der Waals surface area contributed by atoms with E-state index in [0.29, 0.717) is 23.7 Å². The highest BCUT2D eigenvalue weighted by Crippen LogP contribution is 2.36. The van der Waals surface area contributed by atoms with Crippen molar-refractivity contribution in [2.45, 2.75) is 19.5 Å². The number of ether oxygens (including phenoxy) is 1. The minimum atomic E-state index is -1.36. The van der Waals surface area contributed by atoms with Gasteiger partial charge in [0.05, 0.1) is 12.2 Å². The summed E-state index contributed by atoms with van der Waals surface area (Å²) < 4.78 is 19.8. The average Bonchev–Trinajstić information content (AvgIpc) is 3.11. The molecule has 2 aromatic rings. The Hall–Kier alpha value is -2.71. The molecular weight excluding hydrogens is 377 g/mol. The van der Waals surface area contributed by atoms with Gasteiger partial charge in [-0.05, 0) is 24.1 Å². The molecule has 0 radical (unpaired) electrons. The molecule has 0 spiro atoms. The number of carboxylic acids is 1. The van der Waals surface area contributed by atoms with Crippen molar-refractivity contribution in [3.05, 3.63) is 58.0 Å². The van der Waals surface area contributed by atoms with Gasteiger partial charge in [0.2, 0.25) is 5.88 Å². The quantitative estimate of drug-likeness (QED) is 0.781. The van der Waals surface area contributed by atoms with E-state index in [1.54, 1.807) is 6.07 Å². The molecule has 0 saturated heterocycles. The Labute approximate surface area is 159 Å². The molecule has 0 bridgehead atoms. The maximum atomic E-state index is 14.2. The number of nitrogens with one attached hydrogen (secondary N) is 1. The number of carbonyl (C=O) groups is 1. The number of halogens is 2. The molecule has 1 aromatic heterocycles. The highest BCUT2D eigenvalue weighted by atomic mass is 35.5. The van der Waals surface area contributed by atoms with Crippen LogP contribution in [0, 0.1) is 11.7 Å². The Bertz CT molecular complexity index is 906. The van der Waals surface area contributed by atoms with Crippen LogP contribution in [0.4, 0.5) is 4.39 Å². The number of rotatable bonds is 6. The van der Waals surface area contributed by atoms with Crippen molar-refractivity contribution in [1.29, 1.82) is 0 Å². The molecule has 1 aromatic carbocycles. The zero-order chi connectivity index (χ0) is 19.6. The van der Waals surface area contributed by atoms with Crippen LogP contribution in [0.15, 0.2) is 35.5 Å². The Balaban J connectivity index is 2.01. The van der Waals surface area contributed by atoms with E-state index in [-0.39, 0.29) is 10.9 Å². The fourth-order valence-corrected chi connectivity index (χ4v) is 2.79. The topological polar surface area (TPSA) is 93.0 Å². The van der Waals surface area contributed by atoms with Gasteiger partial charge in [0.15, 0.2) is 12.1 Å². The van der Waals surface area contributed by atoms with Crippen LogP contribution in [0.25, 0.3) is 0 Å². The molecule has 0 aliphatic carbocycles. The Morgan fingerprint density at radius 3 is 2.74 bits per heavy atom. The molecule has 0 saturated carbocycles. The first-order valence-corrected chi connectivity index (χ1v) is 8.50. The van der Waals surface area contributed by atoms with Crippen LogP contribution in [0.2, 0.25) is 5.02 Å². The number of hydrogen-bond acceptors (Lipinski definition) is 6. The predicted octanol–water partition coefficient (Wildman–Crippen LogP) is 3.37. The minimum Gasteiger partial charge on any atom is -0.478 e. The molecule has 1 unspecified atom stereocenters. The van der Waals surface area contributed by atoms with Crippen molar-refractivity contribution in [2.24, 2.45) is 10.9 Å². The predicted molar refractivity (Wildman–Crippen MR) is 96.4 cm³/mol. The Morgan fingerprint density at radius 1 is 1.41 bits per heavy atom. The second kappa shape index (κ2) is 7.50. The number of benzene rings is 1. The van der Waals surface area contributed by atoms with E-state index in [1.807, 2.05) is 13.8 Å². The number of aromatic nitrogens is 1. The van der Waals surface area contributed by atoms with Gasteiger partial charge in [-0.15, -0.1) is 5.48 Å². The van der Waals surface area contributed by atoms with Gasteiger partial charge in [0.1, 0.15) is 10.8 Å². The number of aromatic carboxylic acids is 1. The molecule has 0 fully saturated rings. The van der Waals surface area contributed by atoms with Crippen LogP contribution in [0.3, 0.4) is 0 Å².